The molecule has 0 aliphatic carbocycles. The molecular formula is C16H23FN4O. The smallest absolute Gasteiger partial charge is 0.223 e. The van der Waals surface area contributed by atoms with Gasteiger partial charge in [0, 0.05) is 50.8 Å². The van der Waals surface area contributed by atoms with Crippen LogP contribution in [0.4, 0.5) is 4.39 Å². The van der Waals surface area contributed by atoms with E-state index in [1.165, 1.54) is 0 Å². The summed E-state index contributed by atoms with van der Waals surface area (Å²) in [7, 11) is 0. The van der Waals surface area contributed by atoms with E-state index in [9.17, 15) is 9.18 Å². The molecule has 2 saturated heterocycles. The molecular weight excluding hydrogens is 283 g/mol. The number of piperidine rings is 1. The zero-order chi connectivity index (χ0) is 15.5. The van der Waals surface area contributed by atoms with Crippen molar-refractivity contribution in [3.63, 3.8) is 0 Å². The minimum Gasteiger partial charge on any atom is -0.339 e. The lowest BCUT2D eigenvalue weighted by Gasteiger charge is -2.36. The zero-order valence-electron chi connectivity index (χ0n) is 13.0. The van der Waals surface area contributed by atoms with E-state index in [0.717, 1.165) is 44.0 Å². The maximum atomic E-state index is 12.7. The Morgan fingerprint density at radius 3 is 2.77 bits per heavy atom. The van der Waals surface area contributed by atoms with Gasteiger partial charge in [0.2, 0.25) is 5.91 Å². The van der Waals surface area contributed by atoms with E-state index in [1.807, 2.05) is 17.9 Å². The molecule has 6 heteroatoms. The van der Waals surface area contributed by atoms with E-state index in [0.29, 0.717) is 13.0 Å². The summed E-state index contributed by atoms with van der Waals surface area (Å²) < 4.78 is 12.7. The van der Waals surface area contributed by atoms with Crippen LogP contribution in [0.3, 0.4) is 0 Å². The number of aryl methyl sites for hydroxylation is 1. The molecule has 2 aliphatic heterocycles. The lowest BCUT2D eigenvalue weighted by Crippen LogP contribution is -2.45. The predicted octanol–water partition coefficient (Wildman–Crippen LogP) is 1.57. The summed E-state index contributed by atoms with van der Waals surface area (Å²) in [5.74, 6) is 0.842. The van der Waals surface area contributed by atoms with E-state index in [2.05, 4.69) is 14.9 Å². The lowest BCUT2D eigenvalue weighted by molar-refractivity contribution is -0.130. The van der Waals surface area contributed by atoms with Gasteiger partial charge in [-0.1, -0.05) is 0 Å². The third kappa shape index (κ3) is 3.43. The molecule has 5 nitrogen and oxygen atoms in total. The molecule has 1 amide bonds. The molecule has 0 radical (unpaired) electrons. The van der Waals surface area contributed by atoms with Crippen molar-refractivity contribution < 1.29 is 9.18 Å². The van der Waals surface area contributed by atoms with Crippen LogP contribution in [0.15, 0.2) is 12.3 Å². The minimum absolute atomic E-state index is 0.0884. The molecule has 2 aliphatic rings. The Morgan fingerprint density at radius 1 is 1.36 bits per heavy atom. The Hall–Kier alpha value is -1.56. The van der Waals surface area contributed by atoms with Crippen LogP contribution in [0.5, 0.6) is 0 Å². The monoisotopic (exact) mass is 306 g/mol. The Labute approximate surface area is 130 Å². The van der Waals surface area contributed by atoms with Gasteiger partial charge in [-0.2, -0.15) is 0 Å². The molecule has 1 unspecified atom stereocenters. The average molecular weight is 306 g/mol. The van der Waals surface area contributed by atoms with Gasteiger partial charge in [0.15, 0.2) is 0 Å². The van der Waals surface area contributed by atoms with Gasteiger partial charge in [-0.25, -0.2) is 9.97 Å². The molecule has 3 rings (SSSR count). The van der Waals surface area contributed by atoms with Gasteiger partial charge < -0.3 is 4.90 Å². The summed E-state index contributed by atoms with van der Waals surface area (Å²) in [6, 6.07) is 2.24. The summed E-state index contributed by atoms with van der Waals surface area (Å²) >= 11 is 0. The quantitative estimate of drug-likeness (QED) is 0.847. The van der Waals surface area contributed by atoms with Gasteiger partial charge in [0.05, 0.1) is 12.4 Å². The zero-order valence-corrected chi connectivity index (χ0v) is 13.0. The topological polar surface area (TPSA) is 49.3 Å². The fourth-order valence-electron chi connectivity index (χ4n) is 3.48. The van der Waals surface area contributed by atoms with Crippen molar-refractivity contribution >= 4 is 5.91 Å². The Bertz CT molecular complexity index is 531. The van der Waals surface area contributed by atoms with Gasteiger partial charge in [-0.15, -0.1) is 0 Å². The predicted molar refractivity (Wildman–Crippen MR) is 80.9 cm³/mol. The normalized spacial score (nSPS) is 24.2. The number of alkyl halides is 1. The largest absolute Gasteiger partial charge is 0.339 e. The molecule has 2 fully saturated rings. The highest BCUT2D eigenvalue weighted by molar-refractivity contribution is 5.79. The Kier molecular flexibility index (Phi) is 4.66. The number of nitrogens with zero attached hydrogens (tertiary/aromatic N) is 4. The van der Waals surface area contributed by atoms with Gasteiger partial charge in [-0.3, -0.25) is 14.1 Å². The van der Waals surface area contributed by atoms with Crippen molar-refractivity contribution in [2.24, 2.45) is 5.92 Å². The molecule has 3 heterocycles. The van der Waals surface area contributed by atoms with Crippen molar-refractivity contribution in [3.05, 3.63) is 23.8 Å². The van der Waals surface area contributed by atoms with Crippen LogP contribution in [0.25, 0.3) is 0 Å². The van der Waals surface area contributed by atoms with Crippen LogP contribution in [0, 0.1) is 12.8 Å². The van der Waals surface area contributed by atoms with E-state index >= 15 is 0 Å². The van der Waals surface area contributed by atoms with E-state index in [4.69, 9.17) is 0 Å². The second kappa shape index (κ2) is 6.69. The standard InChI is InChI=1S/C16H23FN4O/c1-12-18-5-2-14(19-12)11-20-6-3-15(4-7-20)21-10-13(9-17)8-16(21)22/h2,5,13,15H,3-4,6-11H2,1H3. The SMILES string of the molecule is Cc1nccc(CN2CCC(N3CC(CF)CC3=O)CC2)n1. The molecule has 0 spiro atoms. The fraction of sp³-hybridized carbons (Fsp3) is 0.688. The Balaban J connectivity index is 1.51. The van der Waals surface area contributed by atoms with Crippen LogP contribution < -0.4 is 0 Å². The number of aromatic nitrogens is 2. The number of halogens is 1. The molecule has 0 saturated carbocycles. The summed E-state index contributed by atoms with van der Waals surface area (Å²) in [6.45, 7) is 4.86. The van der Waals surface area contributed by atoms with E-state index in [-0.39, 0.29) is 24.5 Å². The first-order chi connectivity index (χ1) is 10.7. The average Bonchev–Trinajstić information content (AvgIpc) is 2.89. The highest BCUT2D eigenvalue weighted by Gasteiger charge is 2.35. The van der Waals surface area contributed by atoms with Crippen molar-refractivity contribution in [1.29, 1.82) is 0 Å². The lowest BCUT2D eigenvalue weighted by atomic mass is 10.0. The summed E-state index contributed by atoms with van der Waals surface area (Å²) in [4.78, 5) is 24.8. The highest BCUT2D eigenvalue weighted by atomic mass is 19.1. The van der Waals surface area contributed by atoms with Crippen LogP contribution in [0.2, 0.25) is 0 Å². The number of carbonyl (C=O) groups is 1. The molecule has 1 aromatic rings. The minimum atomic E-state index is -0.381. The molecule has 0 N–H and O–H groups in total. The molecule has 0 bridgehead atoms. The first-order valence-electron chi connectivity index (χ1n) is 8.02. The second-order valence-electron chi connectivity index (χ2n) is 6.37. The number of hydrogen-bond acceptors (Lipinski definition) is 4. The van der Waals surface area contributed by atoms with Gasteiger partial charge in [0.25, 0.3) is 0 Å². The molecule has 1 atom stereocenters. The van der Waals surface area contributed by atoms with Crippen LogP contribution in [-0.2, 0) is 11.3 Å². The van der Waals surface area contributed by atoms with Crippen LogP contribution in [0.1, 0.15) is 30.8 Å². The third-order valence-corrected chi connectivity index (χ3v) is 4.67. The maximum absolute atomic E-state index is 12.7. The molecule has 120 valence electrons. The number of likely N-dealkylation sites (tertiary alicyclic amines) is 2. The Morgan fingerprint density at radius 2 is 2.14 bits per heavy atom. The van der Waals surface area contributed by atoms with Crippen LogP contribution in [-0.4, -0.2) is 58.0 Å². The van der Waals surface area contributed by atoms with E-state index in [1.54, 1.807) is 6.20 Å². The first-order valence-corrected chi connectivity index (χ1v) is 8.02. The number of amides is 1. The number of rotatable bonds is 4. The maximum Gasteiger partial charge on any atom is 0.223 e. The van der Waals surface area contributed by atoms with Gasteiger partial charge in [0.1, 0.15) is 5.82 Å². The number of carbonyl (C=O) groups excluding carboxylic acids is 1. The first kappa shape index (κ1) is 15.3. The molecule has 0 aromatic carbocycles. The van der Waals surface area contributed by atoms with Crippen molar-refractivity contribution in [2.75, 3.05) is 26.3 Å². The van der Waals surface area contributed by atoms with Crippen molar-refractivity contribution in [1.82, 2.24) is 19.8 Å². The fourth-order valence-corrected chi connectivity index (χ4v) is 3.48. The van der Waals surface area contributed by atoms with Crippen LogP contribution >= 0.6 is 0 Å². The third-order valence-electron chi connectivity index (χ3n) is 4.67. The van der Waals surface area contributed by atoms with Gasteiger partial charge >= 0.3 is 0 Å². The van der Waals surface area contributed by atoms with Crippen molar-refractivity contribution in [2.45, 2.75) is 38.8 Å². The highest BCUT2D eigenvalue weighted by Crippen LogP contribution is 2.26. The van der Waals surface area contributed by atoms with Crippen molar-refractivity contribution in [3.8, 4) is 0 Å². The summed E-state index contributed by atoms with van der Waals surface area (Å²) in [5, 5.41) is 0. The molecule has 1 aromatic heterocycles. The number of hydrogen-bond donors (Lipinski definition) is 0. The summed E-state index contributed by atoms with van der Waals surface area (Å²) in [5.41, 5.74) is 1.04. The second-order valence-corrected chi connectivity index (χ2v) is 6.37. The summed E-state index contributed by atoms with van der Waals surface area (Å²) in [6.07, 6.45) is 4.12. The van der Waals surface area contributed by atoms with E-state index < -0.39 is 0 Å². The molecule has 22 heavy (non-hydrogen) atoms. The van der Waals surface area contributed by atoms with Gasteiger partial charge in [-0.05, 0) is 25.8 Å².